The van der Waals surface area contributed by atoms with E-state index in [0.717, 1.165) is 28.2 Å². The number of amides is 1. The van der Waals surface area contributed by atoms with Crippen molar-refractivity contribution >= 4 is 17.3 Å². The van der Waals surface area contributed by atoms with Crippen LogP contribution in [0.2, 0.25) is 0 Å². The molecule has 0 bridgehead atoms. The average molecular weight is 454 g/mol. The van der Waals surface area contributed by atoms with Gasteiger partial charge in [0.25, 0.3) is 5.91 Å². The predicted octanol–water partition coefficient (Wildman–Crippen LogP) is 3.98. The van der Waals surface area contributed by atoms with Gasteiger partial charge in [0.2, 0.25) is 5.95 Å². The Kier molecular flexibility index (Phi) is 4.74. The summed E-state index contributed by atoms with van der Waals surface area (Å²) in [4.78, 5) is 19.3. The second-order valence-electron chi connectivity index (χ2n) is 8.82. The zero-order valence-electron chi connectivity index (χ0n) is 18.6. The molecule has 1 spiro atoms. The molecule has 3 N–H and O–H groups in total. The minimum absolute atomic E-state index is 0.138. The van der Waals surface area contributed by atoms with Gasteiger partial charge >= 0.3 is 0 Å². The van der Waals surface area contributed by atoms with Gasteiger partial charge < -0.3 is 15.5 Å². The van der Waals surface area contributed by atoms with Gasteiger partial charge in [0.15, 0.2) is 0 Å². The van der Waals surface area contributed by atoms with Gasteiger partial charge in [0.05, 0.1) is 30.0 Å². The Hall–Kier alpha value is -3.97. The highest BCUT2D eigenvalue weighted by atomic mass is 19.1. The molecule has 6 rings (SSSR count). The maximum Gasteiger partial charge on any atom is 0.253 e. The first-order chi connectivity index (χ1) is 16.6. The number of para-hydroxylation sites is 1. The first-order valence-electron chi connectivity index (χ1n) is 11.4. The topological polar surface area (TPSA) is 69.3 Å². The van der Waals surface area contributed by atoms with Crippen LogP contribution in [0.3, 0.4) is 0 Å². The molecule has 170 valence electrons. The number of hydrogen-bond donors (Lipinski definition) is 3. The van der Waals surface area contributed by atoms with Gasteiger partial charge in [-0.25, -0.2) is 4.98 Å². The van der Waals surface area contributed by atoms with E-state index in [1.54, 1.807) is 6.07 Å². The zero-order chi connectivity index (χ0) is 23.3. The molecule has 2 aromatic carbocycles. The molecule has 3 aromatic rings. The fraction of sp³-hybridized carbons (Fsp3) is 0.185. The molecular weight excluding hydrogens is 429 g/mol. The lowest BCUT2D eigenvalue weighted by Gasteiger charge is -2.37. The molecule has 1 fully saturated rings. The van der Waals surface area contributed by atoms with Crippen LogP contribution in [-0.2, 0) is 10.3 Å². The monoisotopic (exact) mass is 453 g/mol. The molecule has 7 heteroatoms. The lowest BCUT2D eigenvalue weighted by molar-refractivity contribution is -0.117. The lowest BCUT2D eigenvalue weighted by atomic mass is 9.77. The lowest BCUT2D eigenvalue weighted by Crippen LogP contribution is -2.49. The number of carbonyl (C=O) groups is 1. The van der Waals surface area contributed by atoms with Crippen LogP contribution >= 0.6 is 0 Å². The van der Waals surface area contributed by atoms with E-state index in [0.29, 0.717) is 12.2 Å². The Morgan fingerprint density at radius 2 is 1.97 bits per heavy atom. The highest BCUT2D eigenvalue weighted by Crippen LogP contribution is 2.52. The van der Waals surface area contributed by atoms with Gasteiger partial charge in [-0.2, -0.15) is 4.39 Å². The number of nitrogens with one attached hydrogen (secondary N) is 3. The van der Waals surface area contributed by atoms with Gasteiger partial charge in [-0.1, -0.05) is 54.6 Å². The van der Waals surface area contributed by atoms with E-state index in [1.807, 2.05) is 67.6 Å². The minimum Gasteiger partial charge on any atom is -0.356 e. The quantitative estimate of drug-likeness (QED) is 0.522. The number of nitrogens with zero attached hydrogens (tertiary/aromatic N) is 2. The molecule has 2 unspecified atom stereocenters. The van der Waals surface area contributed by atoms with Crippen molar-refractivity contribution in [2.24, 2.45) is 0 Å². The first-order valence-corrected chi connectivity index (χ1v) is 11.4. The van der Waals surface area contributed by atoms with Crippen molar-refractivity contribution in [1.82, 2.24) is 15.6 Å². The molecule has 34 heavy (non-hydrogen) atoms. The molecule has 3 atom stereocenters. The molecule has 1 aliphatic carbocycles. The summed E-state index contributed by atoms with van der Waals surface area (Å²) in [5.41, 5.74) is 4.57. The van der Waals surface area contributed by atoms with E-state index < -0.39 is 11.5 Å². The summed E-state index contributed by atoms with van der Waals surface area (Å²) in [6, 6.07) is 20.9. The van der Waals surface area contributed by atoms with Gasteiger partial charge in [-0.05, 0) is 30.7 Å². The van der Waals surface area contributed by atoms with Crippen LogP contribution in [0.5, 0.6) is 0 Å². The first kappa shape index (κ1) is 20.6. The third-order valence-corrected chi connectivity index (χ3v) is 6.96. The number of halogens is 1. The fourth-order valence-corrected chi connectivity index (χ4v) is 5.35. The maximum absolute atomic E-state index is 13.9. The number of anilines is 2. The van der Waals surface area contributed by atoms with Crippen molar-refractivity contribution in [3.05, 3.63) is 113 Å². The van der Waals surface area contributed by atoms with Crippen LogP contribution in [0, 0.1) is 5.95 Å². The molecule has 1 aromatic heterocycles. The Bertz CT molecular complexity index is 1340. The van der Waals surface area contributed by atoms with Crippen molar-refractivity contribution in [3.8, 4) is 0 Å². The minimum atomic E-state index is -0.645. The standard InChI is InChI=1S/C27H24FN5O/c1-17(18-7-3-2-4-8-18)31-26(34)20-11-12-23-27(21-9-5-6-10-22(21)32-25(20)27)30-16-33(23)19-13-14-29-24(28)15-19/h2-15,17,23,30,32H,16H2,1H3,(H,31,34)/t17?,23-,27?/m1/s1. The summed E-state index contributed by atoms with van der Waals surface area (Å²) in [6.07, 6.45) is 5.39. The van der Waals surface area contributed by atoms with Crippen LogP contribution < -0.4 is 20.9 Å². The van der Waals surface area contributed by atoms with E-state index >= 15 is 0 Å². The number of hydrogen-bond acceptors (Lipinski definition) is 5. The second-order valence-corrected chi connectivity index (χ2v) is 8.82. The normalized spacial score (nSPS) is 23.1. The van der Waals surface area contributed by atoms with Crippen molar-refractivity contribution in [2.45, 2.75) is 24.5 Å². The molecule has 3 heterocycles. The average Bonchev–Trinajstić information content (AvgIpc) is 3.41. The maximum atomic E-state index is 13.9. The summed E-state index contributed by atoms with van der Waals surface area (Å²) in [5.74, 6) is -0.662. The van der Waals surface area contributed by atoms with Crippen LogP contribution in [0.4, 0.5) is 15.8 Å². The molecule has 1 saturated heterocycles. The van der Waals surface area contributed by atoms with Crippen LogP contribution in [0.25, 0.3) is 0 Å². The Morgan fingerprint density at radius 1 is 1.18 bits per heavy atom. The predicted molar refractivity (Wildman–Crippen MR) is 129 cm³/mol. The molecule has 2 aliphatic heterocycles. The fourth-order valence-electron chi connectivity index (χ4n) is 5.35. The van der Waals surface area contributed by atoms with Crippen LogP contribution in [0.15, 0.2) is 96.3 Å². The van der Waals surface area contributed by atoms with E-state index in [4.69, 9.17) is 0 Å². The van der Waals surface area contributed by atoms with Crippen molar-refractivity contribution in [2.75, 3.05) is 16.9 Å². The molecule has 0 radical (unpaired) electrons. The number of aromatic nitrogens is 1. The van der Waals surface area contributed by atoms with E-state index in [1.165, 1.54) is 12.3 Å². The summed E-state index contributed by atoms with van der Waals surface area (Å²) >= 11 is 0. The molecule has 0 saturated carbocycles. The largest absolute Gasteiger partial charge is 0.356 e. The Morgan fingerprint density at radius 3 is 2.79 bits per heavy atom. The summed E-state index contributed by atoms with van der Waals surface area (Å²) in [6.45, 7) is 2.47. The number of rotatable bonds is 4. The molecule has 3 aliphatic rings. The van der Waals surface area contributed by atoms with Gasteiger partial charge in [0, 0.05) is 29.2 Å². The molecule has 1 amide bonds. The van der Waals surface area contributed by atoms with Crippen molar-refractivity contribution in [1.29, 1.82) is 0 Å². The SMILES string of the molecule is CC(NC(=O)C1=C2Nc3ccccc3C23NCN(c2ccnc(F)c2)[C@@H]3C=C1)c1ccccc1. The van der Waals surface area contributed by atoms with Crippen LogP contribution in [-0.4, -0.2) is 23.6 Å². The highest BCUT2D eigenvalue weighted by Gasteiger charge is 2.57. The zero-order valence-corrected chi connectivity index (χ0v) is 18.6. The smallest absolute Gasteiger partial charge is 0.253 e. The third kappa shape index (κ3) is 3.04. The van der Waals surface area contributed by atoms with Crippen molar-refractivity contribution < 1.29 is 9.18 Å². The van der Waals surface area contributed by atoms with Crippen LogP contribution in [0.1, 0.15) is 24.1 Å². The number of carbonyl (C=O) groups excluding carboxylic acids is 1. The number of fused-ring (bicyclic) bond motifs is 1. The summed E-state index contributed by atoms with van der Waals surface area (Å²) < 4.78 is 13.9. The summed E-state index contributed by atoms with van der Waals surface area (Å²) in [7, 11) is 0. The summed E-state index contributed by atoms with van der Waals surface area (Å²) in [5, 5.41) is 10.3. The second kappa shape index (κ2) is 7.81. The Balaban J connectivity index is 1.41. The third-order valence-electron chi connectivity index (χ3n) is 6.96. The van der Waals surface area contributed by atoms with E-state index in [-0.39, 0.29) is 18.0 Å². The van der Waals surface area contributed by atoms with Gasteiger partial charge in [-0.15, -0.1) is 0 Å². The molecule has 6 nitrogen and oxygen atoms in total. The van der Waals surface area contributed by atoms with E-state index in [2.05, 4.69) is 31.9 Å². The molecular formula is C27H24FN5O. The van der Waals surface area contributed by atoms with Crippen molar-refractivity contribution in [3.63, 3.8) is 0 Å². The number of pyridine rings is 1. The van der Waals surface area contributed by atoms with Gasteiger partial charge in [0.1, 0.15) is 5.54 Å². The van der Waals surface area contributed by atoms with Gasteiger partial charge in [-0.3, -0.25) is 10.1 Å². The highest BCUT2D eigenvalue weighted by molar-refractivity contribution is 6.00. The van der Waals surface area contributed by atoms with E-state index in [9.17, 15) is 9.18 Å². The Labute approximate surface area is 197 Å². The number of benzene rings is 2.